The van der Waals surface area contributed by atoms with Crippen molar-refractivity contribution < 1.29 is 19.8 Å². The third-order valence-electron chi connectivity index (χ3n) is 2.38. The zero-order chi connectivity index (χ0) is 13.7. The molecule has 0 fully saturated rings. The number of aliphatic carboxylic acids is 1. The molecule has 0 aliphatic rings. The number of carboxylic acid groups (broad SMARTS) is 1. The summed E-state index contributed by atoms with van der Waals surface area (Å²) in [6.07, 6.45) is 0.961. The van der Waals surface area contributed by atoms with Crippen molar-refractivity contribution in [1.82, 2.24) is 5.32 Å². The maximum atomic E-state index is 11.8. The molecule has 0 unspecified atom stereocenters. The number of phenolic OH excluding ortho intramolecular Hbond substituents is 1. The summed E-state index contributed by atoms with van der Waals surface area (Å²) in [4.78, 5) is 22.7. The maximum absolute atomic E-state index is 11.8. The molecule has 1 aromatic rings. The van der Waals surface area contributed by atoms with E-state index in [1.165, 1.54) is 18.2 Å². The van der Waals surface area contributed by atoms with Crippen molar-refractivity contribution in [2.24, 2.45) is 0 Å². The molecule has 1 rings (SSSR count). The Hall–Kier alpha value is -1.75. The molecule has 1 amide bonds. The Bertz CT molecular complexity index is 461. The monoisotopic (exact) mass is 271 g/mol. The van der Waals surface area contributed by atoms with Gasteiger partial charge < -0.3 is 15.5 Å². The first-order valence-corrected chi connectivity index (χ1v) is 5.85. The van der Waals surface area contributed by atoms with E-state index < -0.39 is 17.9 Å². The molecule has 0 saturated heterocycles. The standard InChI is InChI=1S/C12H14ClNO4/c1-2-3-10(12(17)18)14-11(16)8-6-7(15)4-5-9(8)13/h4-6,10,15H,2-3H2,1H3,(H,14,16)(H,17,18)/t10-/m0/s1. The van der Waals surface area contributed by atoms with Gasteiger partial charge in [0.2, 0.25) is 0 Å². The lowest BCUT2D eigenvalue weighted by atomic mass is 10.1. The molecule has 0 aliphatic heterocycles. The van der Waals surface area contributed by atoms with Gasteiger partial charge in [-0.3, -0.25) is 4.79 Å². The minimum absolute atomic E-state index is 0.0546. The first-order chi connectivity index (χ1) is 8.45. The molecule has 6 heteroatoms. The van der Waals surface area contributed by atoms with Gasteiger partial charge in [-0.05, 0) is 24.6 Å². The number of halogens is 1. The minimum Gasteiger partial charge on any atom is -0.508 e. The molecule has 5 nitrogen and oxygen atoms in total. The highest BCUT2D eigenvalue weighted by Gasteiger charge is 2.21. The average molecular weight is 272 g/mol. The molecule has 0 spiro atoms. The van der Waals surface area contributed by atoms with E-state index in [9.17, 15) is 14.7 Å². The van der Waals surface area contributed by atoms with Gasteiger partial charge in [0.25, 0.3) is 5.91 Å². The first kappa shape index (κ1) is 14.3. The Morgan fingerprint density at radius 3 is 2.67 bits per heavy atom. The van der Waals surface area contributed by atoms with Crippen molar-refractivity contribution in [2.45, 2.75) is 25.8 Å². The second kappa shape index (κ2) is 6.26. The molecule has 3 N–H and O–H groups in total. The minimum atomic E-state index is -1.10. The Labute approximate surface area is 109 Å². The molecular formula is C12H14ClNO4. The van der Waals surface area contributed by atoms with Gasteiger partial charge in [0.05, 0.1) is 10.6 Å². The second-order valence-electron chi connectivity index (χ2n) is 3.82. The number of carboxylic acids is 1. The van der Waals surface area contributed by atoms with Crippen LogP contribution < -0.4 is 5.32 Å². The van der Waals surface area contributed by atoms with E-state index >= 15 is 0 Å². The molecule has 1 aromatic carbocycles. The van der Waals surface area contributed by atoms with Gasteiger partial charge in [0.15, 0.2) is 0 Å². The quantitative estimate of drug-likeness (QED) is 0.765. The number of hydrogen-bond acceptors (Lipinski definition) is 3. The van der Waals surface area contributed by atoms with Crippen LogP contribution in [0, 0.1) is 0 Å². The van der Waals surface area contributed by atoms with Crippen molar-refractivity contribution >= 4 is 23.5 Å². The molecule has 0 bridgehead atoms. The fourth-order valence-corrected chi connectivity index (χ4v) is 1.67. The zero-order valence-electron chi connectivity index (χ0n) is 9.81. The molecule has 0 saturated carbocycles. The molecule has 0 aromatic heterocycles. The van der Waals surface area contributed by atoms with Gasteiger partial charge in [-0.1, -0.05) is 24.9 Å². The number of aromatic hydroxyl groups is 1. The van der Waals surface area contributed by atoms with Gasteiger partial charge in [-0.15, -0.1) is 0 Å². The summed E-state index contributed by atoms with van der Waals surface area (Å²) >= 11 is 5.81. The number of amides is 1. The van der Waals surface area contributed by atoms with E-state index in [0.717, 1.165) is 0 Å². The van der Waals surface area contributed by atoms with E-state index in [-0.39, 0.29) is 16.3 Å². The van der Waals surface area contributed by atoms with E-state index in [2.05, 4.69) is 5.32 Å². The summed E-state index contributed by atoms with van der Waals surface area (Å²) in [5, 5.41) is 20.7. The van der Waals surface area contributed by atoms with Crippen molar-refractivity contribution in [3.05, 3.63) is 28.8 Å². The van der Waals surface area contributed by atoms with Crippen molar-refractivity contribution in [2.75, 3.05) is 0 Å². The number of rotatable bonds is 5. The highest BCUT2D eigenvalue weighted by molar-refractivity contribution is 6.33. The van der Waals surface area contributed by atoms with Crippen LogP contribution in [0.1, 0.15) is 30.1 Å². The Kier molecular flexibility index (Phi) is 4.97. The fraction of sp³-hybridized carbons (Fsp3) is 0.333. The van der Waals surface area contributed by atoms with Crippen LogP contribution in [0.3, 0.4) is 0 Å². The third-order valence-corrected chi connectivity index (χ3v) is 2.70. The van der Waals surface area contributed by atoms with E-state index in [1.807, 2.05) is 6.92 Å². The number of phenols is 1. The second-order valence-corrected chi connectivity index (χ2v) is 4.22. The summed E-state index contributed by atoms with van der Waals surface area (Å²) in [6, 6.07) is 2.96. The maximum Gasteiger partial charge on any atom is 0.326 e. The van der Waals surface area contributed by atoms with E-state index in [1.54, 1.807) is 0 Å². The Balaban J connectivity index is 2.86. The van der Waals surface area contributed by atoms with Crippen LogP contribution >= 0.6 is 11.6 Å². The van der Waals surface area contributed by atoms with Crippen LogP contribution in [0.2, 0.25) is 5.02 Å². The van der Waals surface area contributed by atoms with Crippen LogP contribution in [0.15, 0.2) is 18.2 Å². The molecule has 98 valence electrons. The largest absolute Gasteiger partial charge is 0.508 e. The first-order valence-electron chi connectivity index (χ1n) is 5.48. The highest BCUT2D eigenvalue weighted by Crippen LogP contribution is 2.21. The molecular weight excluding hydrogens is 258 g/mol. The van der Waals surface area contributed by atoms with E-state index in [0.29, 0.717) is 12.8 Å². The topological polar surface area (TPSA) is 86.6 Å². The van der Waals surface area contributed by atoms with Gasteiger partial charge in [-0.25, -0.2) is 4.79 Å². The third kappa shape index (κ3) is 3.63. The van der Waals surface area contributed by atoms with E-state index in [4.69, 9.17) is 16.7 Å². The Morgan fingerprint density at radius 2 is 2.11 bits per heavy atom. The van der Waals surface area contributed by atoms with Crippen LogP contribution in [0.25, 0.3) is 0 Å². The van der Waals surface area contributed by atoms with Gasteiger partial charge in [0, 0.05) is 0 Å². The van der Waals surface area contributed by atoms with Gasteiger partial charge >= 0.3 is 5.97 Å². The molecule has 0 radical (unpaired) electrons. The Morgan fingerprint density at radius 1 is 1.44 bits per heavy atom. The zero-order valence-corrected chi connectivity index (χ0v) is 10.6. The smallest absolute Gasteiger partial charge is 0.326 e. The predicted molar refractivity (Wildman–Crippen MR) is 66.9 cm³/mol. The number of benzene rings is 1. The lowest BCUT2D eigenvalue weighted by molar-refractivity contribution is -0.139. The lowest BCUT2D eigenvalue weighted by Crippen LogP contribution is -2.40. The predicted octanol–water partition coefficient (Wildman–Crippen LogP) is 2.03. The number of nitrogens with one attached hydrogen (secondary N) is 1. The van der Waals surface area contributed by atoms with Crippen LogP contribution in [0.5, 0.6) is 5.75 Å². The highest BCUT2D eigenvalue weighted by atomic mass is 35.5. The summed E-state index contributed by atoms with van der Waals surface area (Å²) in [6.45, 7) is 1.82. The van der Waals surface area contributed by atoms with Crippen LogP contribution in [0.4, 0.5) is 0 Å². The summed E-state index contributed by atoms with van der Waals surface area (Å²) < 4.78 is 0. The van der Waals surface area contributed by atoms with Crippen LogP contribution in [-0.4, -0.2) is 28.1 Å². The number of carbonyl (C=O) groups is 2. The summed E-state index contributed by atoms with van der Waals surface area (Å²) in [5.41, 5.74) is 0.0546. The fourth-order valence-electron chi connectivity index (χ4n) is 1.47. The number of carbonyl (C=O) groups excluding carboxylic acids is 1. The normalized spacial score (nSPS) is 11.9. The molecule has 0 heterocycles. The molecule has 18 heavy (non-hydrogen) atoms. The van der Waals surface area contributed by atoms with Crippen molar-refractivity contribution in [1.29, 1.82) is 0 Å². The average Bonchev–Trinajstić information content (AvgIpc) is 2.31. The van der Waals surface area contributed by atoms with Crippen molar-refractivity contribution in [3.8, 4) is 5.75 Å². The lowest BCUT2D eigenvalue weighted by Gasteiger charge is -2.14. The number of hydrogen-bond donors (Lipinski definition) is 3. The molecule has 0 aliphatic carbocycles. The van der Waals surface area contributed by atoms with Gasteiger partial charge in [0.1, 0.15) is 11.8 Å². The summed E-state index contributed by atoms with van der Waals surface area (Å²) in [7, 11) is 0. The van der Waals surface area contributed by atoms with Crippen molar-refractivity contribution in [3.63, 3.8) is 0 Å². The SMILES string of the molecule is CCC[C@H](NC(=O)c1cc(O)ccc1Cl)C(=O)O. The van der Waals surface area contributed by atoms with Crippen LogP contribution in [-0.2, 0) is 4.79 Å². The molecule has 1 atom stereocenters. The van der Waals surface area contributed by atoms with Gasteiger partial charge in [-0.2, -0.15) is 0 Å². The summed E-state index contributed by atoms with van der Waals surface area (Å²) in [5.74, 6) is -1.81.